The van der Waals surface area contributed by atoms with Crippen molar-refractivity contribution in [3.05, 3.63) is 105 Å². The maximum Gasteiger partial charge on any atom is 0.269 e. The average molecular weight is 479 g/mol. The molecule has 0 aliphatic carbocycles. The average Bonchev–Trinajstić information content (AvgIpc) is 3.09. The molecule has 3 amide bonds. The zero-order chi connectivity index (χ0) is 25.1. The van der Waals surface area contributed by atoms with E-state index in [1.54, 1.807) is 24.3 Å². The number of hydrogen-bond donors (Lipinski definition) is 0. The summed E-state index contributed by atoms with van der Waals surface area (Å²) in [7, 11) is 0. The number of imide groups is 1. The van der Waals surface area contributed by atoms with Crippen molar-refractivity contribution in [1.29, 1.82) is 0 Å². The Hall–Kier alpha value is -4.47. The number of carbonyl (C=O) groups excluding carboxylic acids is 3. The lowest BCUT2D eigenvalue weighted by atomic mass is 10.1. The quantitative estimate of drug-likeness (QED) is 0.204. The molecule has 0 atom stereocenters. The Labute approximate surface area is 198 Å². The zero-order valence-corrected chi connectivity index (χ0v) is 18.3. The number of hydrogen-bond acceptors (Lipinski definition) is 5. The fourth-order valence-electron chi connectivity index (χ4n) is 3.90. The van der Waals surface area contributed by atoms with Gasteiger partial charge in [-0.1, -0.05) is 12.1 Å². The Morgan fingerprint density at radius 3 is 2.11 bits per heavy atom. The fraction of sp³-hybridized carbons (Fsp3) is 0.160. The van der Waals surface area contributed by atoms with E-state index in [9.17, 15) is 33.3 Å². The molecule has 178 valence electrons. The molecule has 0 unspecified atom stereocenters. The van der Waals surface area contributed by atoms with Crippen LogP contribution in [-0.4, -0.2) is 40.6 Å². The van der Waals surface area contributed by atoms with Gasteiger partial charge in [0, 0.05) is 36.9 Å². The Balaban J connectivity index is 1.48. The highest BCUT2D eigenvalue weighted by Gasteiger charge is 2.34. The topological polar surface area (TPSA) is 101 Å². The molecular weight excluding hydrogens is 460 g/mol. The van der Waals surface area contributed by atoms with Crippen molar-refractivity contribution in [3.8, 4) is 0 Å². The number of halogens is 2. The van der Waals surface area contributed by atoms with E-state index in [0.717, 1.165) is 34.1 Å². The van der Waals surface area contributed by atoms with Gasteiger partial charge in [0.2, 0.25) is 0 Å². The third kappa shape index (κ3) is 4.77. The number of nitro groups is 1. The van der Waals surface area contributed by atoms with Crippen LogP contribution in [0.4, 0.5) is 20.2 Å². The van der Waals surface area contributed by atoms with E-state index in [0.29, 0.717) is 30.0 Å². The lowest BCUT2D eigenvalue weighted by molar-refractivity contribution is -0.384. The Morgan fingerprint density at radius 1 is 0.914 bits per heavy atom. The lowest BCUT2D eigenvalue weighted by Gasteiger charge is -2.24. The monoisotopic (exact) mass is 479 g/mol. The van der Waals surface area contributed by atoms with Crippen molar-refractivity contribution < 1.29 is 28.1 Å². The van der Waals surface area contributed by atoms with E-state index in [2.05, 4.69) is 0 Å². The summed E-state index contributed by atoms with van der Waals surface area (Å²) >= 11 is 0. The minimum atomic E-state index is -0.944. The Morgan fingerprint density at radius 2 is 1.54 bits per heavy atom. The second kappa shape index (κ2) is 9.80. The molecule has 1 aliphatic heterocycles. The summed E-state index contributed by atoms with van der Waals surface area (Å²) in [6.45, 7) is 0.110. The predicted octanol–water partition coefficient (Wildman–Crippen LogP) is 4.60. The number of carbonyl (C=O) groups is 3. The summed E-state index contributed by atoms with van der Waals surface area (Å²) in [6, 6.07) is 14.2. The van der Waals surface area contributed by atoms with Crippen molar-refractivity contribution in [2.45, 2.75) is 12.8 Å². The molecule has 0 aromatic heterocycles. The Bertz CT molecular complexity index is 1290. The highest BCUT2D eigenvalue weighted by molar-refractivity contribution is 6.21. The predicted molar refractivity (Wildman–Crippen MR) is 122 cm³/mol. The molecule has 3 aromatic carbocycles. The second-order valence-corrected chi connectivity index (χ2v) is 7.87. The number of nitrogens with zero attached hydrogens (tertiary/aromatic N) is 3. The van der Waals surface area contributed by atoms with E-state index >= 15 is 0 Å². The highest BCUT2D eigenvalue weighted by Crippen LogP contribution is 2.25. The minimum absolute atomic E-state index is 0.00153. The van der Waals surface area contributed by atoms with Crippen molar-refractivity contribution >= 4 is 29.1 Å². The zero-order valence-electron chi connectivity index (χ0n) is 18.3. The van der Waals surface area contributed by atoms with Crippen LogP contribution < -0.4 is 4.90 Å². The van der Waals surface area contributed by atoms with Crippen molar-refractivity contribution in [2.75, 3.05) is 18.0 Å². The first-order valence-electron chi connectivity index (χ1n) is 10.7. The van der Waals surface area contributed by atoms with Gasteiger partial charge in [-0.2, -0.15) is 0 Å². The van der Waals surface area contributed by atoms with E-state index in [1.807, 2.05) is 0 Å². The van der Waals surface area contributed by atoms with Crippen LogP contribution in [0.15, 0.2) is 66.7 Å². The molecule has 10 heteroatoms. The summed E-state index contributed by atoms with van der Waals surface area (Å²) in [5, 5.41) is 10.9. The standard InChI is InChI=1S/C25H19F2N3O5/c26-17-9-12-22(21(27)15-17)28(23(31)16-7-10-18(11-8-16)30(34)35)13-3-4-14-29-24(32)19-5-1-2-6-20(19)25(29)33/h1-2,5-12,15H,3-4,13-14H2. The van der Waals surface area contributed by atoms with Crippen LogP contribution in [0.5, 0.6) is 0 Å². The third-order valence-electron chi connectivity index (χ3n) is 5.66. The number of unbranched alkanes of at least 4 members (excludes halogenated alkanes) is 1. The number of nitro benzene ring substituents is 1. The van der Waals surface area contributed by atoms with Crippen molar-refractivity contribution in [1.82, 2.24) is 4.90 Å². The minimum Gasteiger partial charge on any atom is -0.306 e. The molecule has 1 aliphatic rings. The van der Waals surface area contributed by atoms with Crippen LogP contribution >= 0.6 is 0 Å². The van der Waals surface area contributed by atoms with Gasteiger partial charge < -0.3 is 4.90 Å². The molecule has 0 fully saturated rings. The van der Waals surface area contributed by atoms with E-state index in [4.69, 9.17) is 0 Å². The normalized spacial score (nSPS) is 12.6. The molecule has 3 aromatic rings. The summed E-state index contributed by atoms with van der Waals surface area (Å²) in [6.07, 6.45) is 0.626. The summed E-state index contributed by atoms with van der Waals surface area (Å²) in [4.78, 5) is 50.7. The first-order valence-corrected chi connectivity index (χ1v) is 10.7. The molecule has 35 heavy (non-hydrogen) atoms. The largest absolute Gasteiger partial charge is 0.306 e. The van der Waals surface area contributed by atoms with Gasteiger partial charge in [0.1, 0.15) is 11.6 Å². The number of fused-ring (bicyclic) bond motifs is 1. The first kappa shape index (κ1) is 23.7. The van der Waals surface area contributed by atoms with Crippen molar-refractivity contribution in [3.63, 3.8) is 0 Å². The maximum absolute atomic E-state index is 14.5. The van der Waals surface area contributed by atoms with Crippen LogP contribution in [0.1, 0.15) is 43.9 Å². The van der Waals surface area contributed by atoms with Crippen LogP contribution in [0.2, 0.25) is 0 Å². The summed E-state index contributed by atoms with van der Waals surface area (Å²) < 4.78 is 28.0. The number of amides is 3. The maximum atomic E-state index is 14.5. The van der Waals surface area contributed by atoms with Gasteiger partial charge in [0.25, 0.3) is 23.4 Å². The molecule has 0 spiro atoms. The highest BCUT2D eigenvalue weighted by atomic mass is 19.1. The molecule has 0 saturated heterocycles. The molecule has 1 heterocycles. The van der Waals surface area contributed by atoms with E-state index in [-0.39, 0.29) is 30.0 Å². The lowest BCUT2D eigenvalue weighted by Crippen LogP contribution is -2.34. The Kier molecular flexibility index (Phi) is 6.63. The number of anilines is 1. The molecule has 4 rings (SSSR count). The summed E-state index contributed by atoms with van der Waals surface area (Å²) in [5.41, 5.74) is 0.388. The van der Waals surface area contributed by atoms with Gasteiger partial charge >= 0.3 is 0 Å². The van der Waals surface area contributed by atoms with Gasteiger partial charge in [-0.15, -0.1) is 0 Å². The number of rotatable bonds is 8. The molecule has 0 N–H and O–H groups in total. The number of benzene rings is 3. The fourth-order valence-corrected chi connectivity index (χ4v) is 3.90. The van der Waals surface area contributed by atoms with Crippen LogP contribution in [-0.2, 0) is 0 Å². The first-order chi connectivity index (χ1) is 16.8. The molecule has 8 nitrogen and oxygen atoms in total. The third-order valence-corrected chi connectivity index (χ3v) is 5.66. The molecule has 0 radical (unpaired) electrons. The van der Waals surface area contributed by atoms with E-state index in [1.165, 1.54) is 12.1 Å². The van der Waals surface area contributed by atoms with Gasteiger partial charge in [-0.05, 0) is 49.2 Å². The van der Waals surface area contributed by atoms with E-state index < -0.39 is 34.3 Å². The van der Waals surface area contributed by atoms with Gasteiger partial charge in [0.05, 0.1) is 21.7 Å². The summed E-state index contributed by atoms with van der Waals surface area (Å²) in [5.74, 6) is -3.17. The molecule has 0 saturated carbocycles. The smallest absolute Gasteiger partial charge is 0.269 e. The van der Waals surface area contributed by atoms with Gasteiger partial charge in [-0.3, -0.25) is 29.4 Å². The van der Waals surface area contributed by atoms with Gasteiger partial charge in [-0.25, -0.2) is 8.78 Å². The van der Waals surface area contributed by atoms with Crippen LogP contribution in [0.25, 0.3) is 0 Å². The van der Waals surface area contributed by atoms with Gasteiger partial charge in [0.15, 0.2) is 0 Å². The van der Waals surface area contributed by atoms with Crippen LogP contribution in [0, 0.1) is 21.7 Å². The number of non-ortho nitro benzene ring substituents is 1. The molecular formula is C25H19F2N3O5. The molecule has 0 bridgehead atoms. The second-order valence-electron chi connectivity index (χ2n) is 7.87. The van der Waals surface area contributed by atoms with Crippen LogP contribution in [0.3, 0.4) is 0 Å². The SMILES string of the molecule is O=C1c2ccccc2C(=O)N1CCCCN(C(=O)c1ccc([N+](=O)[O-])cc1)c1ccc(F)cc1F. The van der Waals surface area contributed by atoms with Crippen molar-refractivity contribution in [2.24, 2.45) is 0 Å².